The van der Waals surface area contributed by atoms with Crippen molar-refractivity contribution in [2.75, 3.05) is 31.5 Å². The van der Waals surface area contributed by atoms with Crippen molar-refractivity contribution in [2.45, 2.75) is 38.3 Å². The fourth-order valence-corrected chi connectivity index (χ4v) is 5.01. The van der Waals surface area contributed by atoms with Crippen molar-refractivity contribution in [2.24, 2.45) is 0 Å². The maximum atomic E-state index is 12.5. The van der Waals surface area contributed by atoms with Crippen LogP contribution in [0.1, 0.15) is 42.2 Å². The molecule has 2 fully saturated rings. The van der Waals surface area contributed by atoms with Gasteiger partial charge in [0.05, 0.1) is 6.04 Å². The Bertz CT molecular complexity index is 833. The third kappa shape index (κ3) is 5.16. The number of rotatable bonds is 7. The molecule has 154 valence electrons. The zero-order chi connectivity index (χ0) is 20.1. The molecular formula is C22H28N4O2S. The van der Waals surface area contributed by atoms with E-state index in [1.54, 1.807) is 11.3 Å². The molecule has 1 aromatic heterocycles. The number of hydrogen-bond donors (Lipinski definition) is 2. The normalized spacial score (nSPS) is 18.2. The third-order valence-corrected chi connectivity index (χ3v) is 6.61. The number of amides is 3. The third-order valence-electron chi connectivity index (χ3n) is 5.64. The summed E-state index contributed by atoms with van der Waals surface area (Å²) in [5, 5.41) is 8.08. The zero-order valence-electron chi connectivity index (χ0n) is 16.6. The molecule has 0 bridgehead atoms. The molecule has 0 saturated carbocycles. The smallest absolute Gasteiger partial charge is 0.319 e. The monoisotopic (exact) mass is 412 g/mol. The standard InChI is InChI=1S/C22H28N4O2S/c27-21-9-4-12-26(21)16-17-6-3-7-18(14-17)24-22(28)23-15-19(20-8-5-13-29-20)25-10-1-2-11-25/h3,5-8,13-14,19H,1-2,4,9-12,15-16H2,(H2,23,24,28)/t19-/m1/s1. The van der Waals surface area contributed by atoms with Gasteiger partial charge in [0.2, 0.25) is 5.91 Å². The van der Waals surface area contributed by atoms with E-state index < -0.39 is 0 Å². The van der Waals surface area contributed by atoms with Gasteiger partial charge < -0.3 is 15.5 Å². The van der Waals surface area contributed by atoms with Gasteiger partial charge in [0.1, 0.15) is 0 Å². The Morgan fingerprint density at radius 2 is 1.97 bits per heavy atom. The lowest BCUT2D eigenvalue weighted by atomic mass is 10.2. The van der Waals surface area contributed by atoms with Crippen LogP contribution in [0.15, 0.2) is 41.8 Å². The number of carbonyl (C=O) groups excluding carboxylic acids is 2. The predicted molar refractivity (Wildman–Crippen MR) is 116 cm³/mol. The van der Waals surface area contributed by atoms with Crippen molar-refractivity contribution in [3.05, 3.63) is 52.2 Å². The highest BCUT2D eigenvalue weighted by atomic mass is 32.1. The molecule has 2 aliphatic heterocycles. The summed E-state index contributed by atoms with van der Waals surface area (Å²) in [6.45, 7) is 4.18. The number of urea groups is 1. The van der Waals surface area contributed by atoms with E-state index >= 15 is 0 Å². The van der Waals surface area contributed by atoms with Gasteiger partial charge in [-0.15, -0.1) is 11.3 Å². The lowest BCUT2D eigenvalue weighted by molar-refractivity contribution is -0.128. The van der Waals surface area contributed by atoms with Crippen LogP contribution in [0.5, 0.6) is 0 Å². The molecule has 0 unspecified atom stereocenters. The molecule has 3 amide bonds. The second kappa shape index (κ2) is 9.41. The molecule has 29 heavy (non-hydrogen) atoms. The van der Waals surface area contributed by atoms with Crippen LogP contribution in [0.25, 0.3) is 0 Å². The number of thiophene rings is 1. The minimum Gasteiger partial charge on any atom is -0.338 e. The molecule has 7 heteroatoms. The van der Waals surface area contributed by atoms with Crippen molar-refractivity contribution in [3.63, 3.8) is 0 Å². The molecule has 2 aromatic rings. The van der Waals surface area contributed by atoms with Crippen LogP contribution in [-0.2, 0) is 11.3 Å². The Labute approximate surface area is 175 Å². The molecule has 2 N–H and O–H groups in total. The first kappa shape index (κ1) is 19.9. The lowest BCUT2D eigenvalue weighted by Crippen LogP contribution is -2.38. The maximum absolute atomic E-state index is 12.5. The summed E-state index contributed by atoms with van der Waals surface area (Å²) in [5.74, 6) is 0.211. The van der Waals surface area contributed by atoms with Crippen molar-refractivity contribution in [1.29, 1.82) is 0 Å². The predicted octanol–water partition coefficient (Wildman–Crippen LogP) is 3.83. The molecule has 2 saturated heterocycles. The van der Waals surface area contributed by atoms with Crippen LogP contribution >= 0.6 is 11.3 Å². The van der Waals surface area contributed by atoms with Gasteiger partial charge in [-0.3, -0.25) is 9.69 Å². The Morgan fingerprint density at radius 1 is 1.10 bits per heavy atom. The number of likely N-dealkylation sites (tertiary alicyclic amines) is 2. The van der Waals surface area contributed by atoms with Crippen molar-refractivity contribution >= 4 is 29.0 Å². The van der Waals surface area contributed by atoms with Gasteiger partial charge in [0, 0.05) is 36.6 Å². The first-order chi connectivity index (χ1) is 14.2. The molecule has 3 heterocycles. The van der Waals surface area contributed by atoms with E-state index in [-0.39, 0.29) is 18.0 Å². The summed E-state index contributed by atoms with van der Waals surface area (Å²) >= 11 is 1.75. The summed E-state index contributed by atoms with van der Waals surface area (Å²) < 4.78 is 0. The van der Waals surface area contributed by atoms with Gasteiger partial charge in [0.15, 0.2) is 0 Å². The molecule has 0 aliphatic carbocycles. The highest BCUT2D eigenvalue weighted by Gasteiger charge is 2.24. The van der Waals surface area contributed by atoms with Crippen molar-refractivity contribution < 1.29 is 9.59 Å². The molecule has 1 aromatic carbocycles. The first-order valence-electron chi connectivity index (χ1n) is 10.4. The summed E-state index contributed by atoms with van der Waals surface area (Å²) in [6.07, 6.45) is 4.02. The largest absolute Gasteiger partial charge is 0.338 e. The molecule has 2 aliphatic rings. The molecule has 6 nitrogen and oxygen atoms in total. The maximum Gasteiger partial charge on any atom is 0.319 e. The van der Waals surface area contributed by atoms with E-state index in [0.717, 1.165) is 37.3 Å². The van der Waals surface area contributed by atoms with Gasteiger partial charge in [-0.05, 0) is 61.5 Å². The van der Waals surface area contributed by atoms with Crippen LogP contribution in [0.2, 0.25) is 0 Å². The fourth-order valence-electron chi connectivity index (χ4n) is 4.15. The quantitative estimate of drug-likeness (QED) is 0.726. The van der Waals surface area contributed by atoms with E-state index in [4.69, 9.17) is 0 Å². The van der Waals surface area contributed by atoms with E-state index in [9.17, 15) is 9.59 Å². The minimum atomic E-state index is -0.194. The molecule has 1 atom stereocenters. The van der Waals surface area contributed by atoms with Crippen LogP contribution in [-0.4, -0.2) is 47.9 Å². The number of carbonyl (C=O) groups is 2. The summed E-state index contributed by atoms with van der Waals surface area (Å²) in [4.78, 5) is 30.0. The van der Waals surface area contributed by atoms with E-state index in [0.29, 0.717) is 19.5 Å². The summed E-state index contributed by atoms with van der Waals surface area (Å²) in [7, 11) is 0. The molecular weight excluding hydrogens is 384 g/mol. The van der Waals surface area contributed by atoms with Crippen molar-refractivity contribution in [3.8, 4) is 0 Å². The number of benzene rings is 1. The van der Waals surface area contributed by atoms with Crippen LogP contribution in [0.4, 0.5) is 10.5 Å². The van der Waals surface area contributed by atoms with Gasteiger partial charge in [0.25, 0.3) is 0 Å². The average molecular weight is 413 g/mol. The van der Waals surface area contributed by atoms with E-state index in [1.165, 1.54) is 17.7 Å². The van der Waals surface area contributed by atoms with E-state index in [2.05, 4.69) is 33.0 Å². The van der Waals surface area contributed by atoms with Gasteiger partial charge in [-0.2, -0.15) is 0 Å². The number of nitrogens with one attached hydrogen (secondary N) is 2. The Kier molecular flexibility index (Phi) is 6.46. The molecule has 0 radical (unpaired) electrons. The second-order valence-electron chi connectivity index (χ2n) is 7.73. The fraction of sp³-hybridized carbons (Fsp3) is 0.455. The second-order valence-corrected chi connectivity index (χ2v) is 8.71. The number of hydrogen-bond acceptors (Lipinski definition) is 4. The zero-order valence-corrected chi connectivity index (χ0v) is 17.4. The van der Waals surface area contributed by atoms with Crippen LogP contribution in [0.3, 0.4) is 0 Å². The topological polar surface area (TPSA) is 64.7 Å². The summed E-state index contributed by atoms with van der Waals surface area (Å²) in [6, 6.07) is 12.0. The van der Waals surface area contributed by atoms with E-state index in [1.807, 2.05) is 29.2 Å². The molecule has 4 rings (SSSR count). The lowest BCUT2D eigenvalue weighted by Gasteiger charge is -2.27. The van der Waals surface area contributed by atoms with Crippen molar-refractivity contribution in [1.82, 2.24) is 15.1 Å². The average Bonchev–Trinajstić information content (AvgIpc) is 3.47. The Hall–Kier alpha value is -2.38. The van der Waals surface area contributed by atoms with Crippen LogP contribution in [0, 0.1) is 0 Å². The van der Waals surface area contributed by atoms with Gasteiger partial charge in [-0.25, -0.2) is 4.79 Å². The number of anilines is 1. The Morgan fingerprint density at radius 3 is 2.69 bits per heavy atom. The highest BCUT2D eigenvalue weighted by molar-refractivity contribution is 7.10. The van der Waals surface area contributed by atoms with Gasteiger partial charge in [-0.1, -0.05) is 18.2 Å². The molecule has 0 spiro atoms. The first-order valence-corrected chi connectivity index (χ1v) is 11.3. The SMILES string of the molecule is O=C(NC[C@H](c1cccs1)N1CCCC1)Nc1cccc(CN2CCCC2=O)c1. The number of nitrogens with zero attached hydrogens (tertiary/aromatic N) is 2. The minimum absolute atomic E-state index is 0.194. The summed E-state index contributed by atoms with van der Waals surface area (Å²) in [5.41, 5.74) is 1.78. The van der Waals surface area contributed by atoms with Crippen LogP contribution < -0.4 is 10.6 Å². The Balaban J connectivity index is 1.33. The van der Waals surface area contributed by atoms with Gasteiger partial charge >= 0.3 is 6.03 Å². The highest BCUT2D eigenvalue weighted by Crippen LogP contribution is 2.27.